The molecule has 0 bridgehead atoms. The first-order valence-electron chi connectivity index (χ1n) is 10.5. The molecule has 150 valence electrons. The van der Waals surface area contributed by atoms with Crippen molar-refractivity contribution in [2.75, 3.05) is 52.4 Å². The van der Waals surface area contributed by atoms with Crippen LogP contribution in [0.4, 0.5) is 0 Å². The highest BCUT2D eigenvalue weighted by atomic mass is 16.5. The zero-order chi connectivity index (χ0) is 19.1. The summed E-state index contributed by atoms with van der Waals surface area (Å²) >= 11 is 0. The standard InChI is InChI=1S/C22H35N3O2/c1-18(2)20-7-5-19(6-8-20)9-10-23-22(26)17-25-13-11-24(12-14-25)16-21-4-3-15-27-21/h5-8,18,21H,3-4,9-17H2,1-2H3,(H,23,26). The minimum absolute atomic E-state index is 0.140. The van der Waals surface area contributed by atoms with E-state index in [-0.39, 0.29) is 5.91 Å². The molecule has 0 saturated carbocycles. The molecule has 1 amide bonds. The Morgan fingerprint density at radius 1 is 1.15 bits per heavy atom. The third-order valence-electron chi connectivity index (χ3n) is 5.70. The van der Waals surface area contributed by atoms with Crippen molar-refractivity contribution in [3.63, 3.8) is 0 Å². The number of nitrogens with one attached hydrogen (secondary N) is 1. The van der Waals surface area contributed by atoms with E-state index in [1.807, 2.05) is 0 Å². The Bertz CT molecular complexity index is 574. The molecule has 2 saturated heterocycles. The largest absolute Gasteiger partial charge is 0.377 e. The van der Waals surface area contributed by atoms with Crippen LogP contribution in [0.25, 0.3) is 0 Å². The number of rotatable bonds is 8. The van der Waals surface area contributed by atoms with Crippen LogP contribution in [-0.2, 0) is 16.0 Å². The average molecular weight is 374 g/mol. The topological polar surface area (TPSA) is 44.8 Å². The quantitative estimate of drug-likeness (QED) is 0.759. The lowest BCUT2D eigenvalue weighted by atomic mass is 10.0. The number of hydrogen-bond acceptors (Lipinski definition) is 4. The summed E-state index contributed by atoms with van der Waals surface area (Å²) in [5.74, 6) is 0.700. The Labute approximate surface area is 164 Å². The number of benzene rings is 1. The third-order valence-corrected chi connectivity index (χ3v) is 5.70. The van der Waals surface area contributed by atoms with Crippen LogP contribution in [0.2, 0.25) is 0 Å². The molecule has 3 rings (SSSR count). The summed E-state index contributed by atoms with van der Waals surface area (Å²) in [6, 6.07) is 8.74. The van der Waals surface area contributed by atoms with Crippen molar-refractivity contribution in [3.05, 3.63) is 35.4 Å². The lowest BCUT2D eigenvalue weighted by Gasteiger charge is -2.35. The second-order valence-electron chi connectivity index (χ2n) is 8.21. The van der Waals surface area contributed by atoms with Crippen LogP contribution in [0, 0.1) is 0 Å². The molecule has 1 atom stereocenters. The summed E-state index contributed by atoms with van der Waals surface area (Å²) in [5, 5.41) is 3.07. The monoisotopic (exact) mass is 373 g/mol. The molecule has 1 aromatic rings. The van der Waals surface area contributed by atoms with Crippen molar-refractivity contribution >= 4 is 5.91 Å². The van der Waals surface area contributed by atoms with E-state index in [2.05, 4.69) is 53.2 Å². The van der Waals surface area contributed by atoms with Gasteiger partial charge in [0.1, 0.15) is 0 Å². The van der Waals surface area contributed by atoms with Crippen molar-refractivity contribution in [1.29, 1.82) is 0 Å². The fourth-order valence-electron chi connectivity index (χ4n) is 3.88. The number of ether oxygens (including phenoxy) is 1. The average Bonchev–Trinajstić information content (AvgIpc) is 3.17. The fraction of sp³-hybridized carbons (Fsp3) is 0.682. The van der Waals surface area contributed by atoms with Gasteiger partial charge in [0, 0.05) is 45.9 Å². The summed E-state index contributed by atoms with van der Waals surface area (Å²) in [5.41, 5.74) is 2.64. The van der Waals surface area contributed by atoms with E-state index >= 15 is 0 Å². The van der Waals surface area contributed by atoms with E-state index < -0.39 is 0 Å². The highest BCUT2D eigenvalue weighted by molar-refractivity contribution is 5.78. The molecule has 27 heavy (non-hydrogen) atoms. The van der Waals surface area contributed by atoms with Gasteiger partial charge in [0.15, 0.2) is 0 Å². The van der Waals surface area contributed by atoms with Gasteiger partial charge in [-0.1, -0.05) is 38.1 Å². The van der Waals surface area contributed by atoms with Crippen molar-refractivity contribution in [3.8, 4) is 0 Å². The molecule has 1 unspecified atom stereocenters. The molecule has 0 radical (unpaired) electrons. The van der Waals surface area contributed by atoms with E-state index in [0.29, 0.717) is 25.1 Å². The molecule has 0 aliphatic carbocycles. The van der Waals surface area contributed by atoms with Crippen LogP contribution in [0.3, 0.4) is 0 Å². The Morgan fingerprint density at radius 2 is 1.85 bits per heavy atom. The van der Waals surface area contributed by atoms with Crippen molar-refractivity contribution in [2.45, 2.75) is 45.1 Å². The van der Waals surface area contributed by atoms with E-state index in [1.54, 1.807) is 0 Å². The Balaban J connectivity index is 1.29. The smallest absolute Gasteiger partial charge is 0.234 e. The summed E-state index contributed by atoms with van der Waals surface area (Å²) in [6.45, 7) is 11.6. The highest BCUT2D eigenvalue weighted by Gasteiger charge is 2.23. The predicted molar refractivity (Wildman–Crippen MR) is 109 cm³/mol. The second kappa shape index (κ2) is 10.2. The maximum absolute atomic E-state index is 12.2. The molecular weight excluding hydrogens is 338 g/mol. The minimum atomic E-state index is 0.140. The van der Waals surface area contributed by atoms with Crippen molar-refractivity contribution < 1.29 is 9.53 Å². The van der Waals surface area contributed by atoms with E-state index in [1.165, 1.54) is 24.0 Å². The van der Waals surface area contributed by atoms with Crippen LogP contribution in [0.5, 0.6) is 0 Å². The van der Waals surface area contributed by atoms with Crippen LogP contribution in [0.15, 0.2) is 24.3 Å². The minimum Gasteiger partial charge on any atom is -0.377 e. The molecule has 1 N–H and O–H groups in total. The van der Waals surface area contributed by atoms with Crippen LogP contribution >= 0.6 is 0 Å². The first-order chi connectivity index (χ1) is 13.1. The first kappa shape index (κ1) is 20.3. The Morgan fingerprint density at radius 3 is 2.48 bits per heavy atom. The SMILES string of the molecule is CC(C)c1ccc(CCNC(=O)CN2CCN(CC3CCCO3)CC2)cc1. The first-order valence-corrected chi connectivity index (χ1v) is 10.5. The Kier molecular flexibility index (Phi) is 7.68. The maximum atomic E-state index is 12.2. The number of carbonyl (C=O) groups is 1. The number of carbonyl (C=O) groups excluding carboxylic acids is 1. The fourth-order valence-corrected chi connectivity index (χ4v) is 3.88. The molecule has 0 spiro atoms. The maximum Gasteiger partial charge on any atom is 0.234 e. The molecular formula is C22H35N3O2. The van der Waals surface area contributed by atoms with Gasteiger partial charge in [-0.05, 0) is 36.3 Å². The number of hydrogen-bond donors (Lipinski definition) is 1. The zero-order valence-electron chi connectivity index (χ0n) is 17.0. The normalized spacial score (nSPS) is 21.7. The van der Waals surface area contributed by atoms with Gasteiger partial charge in [-0.2, -0.15) is 0 Å². The Hall–Kier alpha value is -1.43. The van der Waals surface area contributed by atoms with Gasteiger partial charge >= 0.3 is 0 Å². The summed E-state index contributed by atoms with van der Waals surface area (Å²) in [6.07, 6.45) is 3.71. The van der Waals surface area contributed by atoms with E-state index in [4.69, 9.17) is 4.74 Å². The molecule has 2 fully saturated rings. The van der Waals surface area contributed by atoms with Gasteiger partial charge in [0.05, 0.1) is 12.6 Å². The number of piperazine rings is 1. The molecule has 2 aliphatic heterocycles. The van der Waals surface area contributed by atoms with Gasteiger partial charge in [-0.3, -0.25) is 14.6 Å². The van der Waals surface area contributed by atoms with Crippen LogP contribution < -0.4 is 5.32 Å². The van der Waals surface area contributed by atoms with Crippen molar-refractivity contribution in [1.82, 2.24) is 15.1 Å². The van der Waals surface area contributed by atoms with Crippen molar-refractivity contribution in [2.24, 2.45) is 0 Å². The van der Waals surface area contributed by atoms with Gasteiger partial charge in [-0.25, -0.2) is 0 Å². The summed E-state index contributed by atoms with van der Waals surface area (Å²) < 4.78 is 5.73. The zero-order valence-corrected chi connectivity index (χ0v) is 17.0. The number of nitrogens with zero attached hydrogens (tertiary/aromatic N) is 2. The molecule has 2 aliphatic rings. The molecule has 5 nitrogen and oxygen atoms in total. The molecule has 2 heterocycles. The van der Waals surface area contributed by atoms with Gasteiger partial charge in [0.2, 0.25) is 5.91 Å². The highest BCUT2D eigenvalue weighted by Crippen LogP contribution is 2.15. The van der Waals surface area contributed by atoms with Crippen LogP contribution in [-0.4, -0.2) is 74.2 Å². The predicted octanol–water partition coefficient (Wildman–Crippen LogP) is 2.27. The van der Waals surface area contributed by atoms with E-state index in [0.717, 1.165) is 45.8 Å². The summed E-state index contributed by atoms with van der Waals surface area (Å²) in [4.78, 5) is 17.0. The van der Waals surface area contributed by atoms with E-state index in [9.17, 15) is 4.79 Å². The third kappa shape index (κ3) is 6.59. The lowest BCUT2D eigenvalue weighted by molar-refractivity contribution is -0.122. The number of amides is 1. The second-order valence-corrected chi connectivity index (χ2v) is 8.21. The van der Waals surface area contributed by atoms with Gasteiger partial charge < -0.3 is 10.1 Å². The lowest BCUT2D eigenvalue weighted by Crippen LogP contribution is -2.51. The summed E-state index contributed by atoms with van der Waals surface area (Å²) in [7, 11) is 0. The molecule has 0 aromatic heterocycles. The van der Waals surface area contributed by atoms with Gasteiger partial charge in [-0.15, -0.1) is 0 Å². The molecule has 1 aromatic carbocycles. The van der Waals surface area contributed by atoms with Crippen LogP contribution in [0.1, 0.15) is 43.7 Å². The molecule has 5 heteroatoms. The van der Waals surface area contributed by atoms with Gasteiger partial charge in [0.25, 0.3) is 0 Å².